The summed E-state index contributed by atoms with van der Waals surface area (Å²) < 4.78 is 0. The fraction of sp³-hybridized carbons (Fsp3) is 0.105. The summed E-state index contributed by atoms with van der Waals surface area (Å²) >= 11 is 0. The van der Waals surface area contributed by atoms with E-state index in [-0.39, 0.29) is 12.2 Å². The van der Waals surface area contributed by atoms with Crippen molar-refractivity contribution in [3.8, 4) is 0 Å². The predicted octanol–water partition coefficient (Wildman–Crippen LogP) is 2.98. The van der Waals surface area contributed by atoms with Crippen molar-refractivity contribution in [1.82, 2.24) is 9.88 Å². The maximum absolute atomic E-state index is 12.8. The number of carbonyl (C=O) groups is 2. The Labute approximate surface area is 148 Å². The second-order valence-electron chi connectivity index (χ2n) is 5.98. The van der Waals surface area contributed by atoms with Gasteiger partial charge in [0.1, 0.15) is 0 Å². The highest BCUT2D eigenvalue weighted by Gasteiger charge is 2.34. The van der Waals surface area contributed by atoms with Gasteiger partial charge in [0.15, 0.2) is 0 Å². The number of hydrogen-bond donors (Lipinski definition) is 0. The number of non-ortho nitro benzene ring substituents is 1. The van der Waals surface area contributed by atoms with E-state index in [0.29, 0.717) is 28.3 Å². The summed E-state index contributed by atoms with van der Waals surface area (Å²) in [4.78, 5) is 41.6. The number of nitro benzene ring substituents is 1. The quantitative estimate of drug-likeness (QED) is 0.411. The van der Waals surface area contributed by atoms with Gasteiger partial charge < -0.3 is 0 Å². The van der Waals surface area contributed by atoms with Crippen LogP contribution in [0.5, 0.6) is 0 Å². The predicted molar refractivity (Wildman–Crippen MR) is 93.9 cm³/mol. The fourth-order valence-electron chi connectivity index (χ4n) is 3.28. The van der Waals surface area contributed by atoms with Crippen molar-refractivity contribution >= 4 is 28.3 Å². The average molecular weight is 347 g/mol. The van der Waals surface area contributed by atoms with Crippen LogP contribution in [0.4, 0.5) is 5.69 Å². The van der Waals surface area contributed by atoms with E-state index < -0.39 is 16.7 Å². The molecule has 0 spiro atoms. The number of nitrogens with zero attached hydrogens (tertiary/aromatic N) is 3. The Morgan fingerprint density at radius 1 is 0.962 bits per heavy atom. The molecule has 2 amide bonds. The van der Waals surface area contributed by atoms with Gasteiger partial charge in [-0.15, -0.1) is 0 Å². The zero-order valence-electron chi connectivity index (χ0n) is 13.6. The summed E-state index contributed by atoms with van der Waals surface area (Å²) in [5, 5.41) is 11.9. The van der Waals surface area contributed by atoms with E-state index in [9.17, 15) is 19.7 Å². The second kappa shape index (κ2) is 6.03. The van der Waals surface area contributed by atoms with Crippen LogP contribution in [0.15, 0.2) is 54.9 Å². The first-order chi connectivity index (χ1) is 12.6. The third kappa shape index (κ3) is 2.41. The van der Waals surface area contributed by atoms with E-state index in [4.69, 9.17) is 0 Å². The Balaban J connectivity index is 1.77. The van der Waals surface area contributed by atoms with Crippen LogP contribution < -0.4 is 0 Å². The van der Waals surface area contributed by atoms with Crippen molar-refractivity contribution in [3.63, 3.8) is 0 Å². The molecule has 1 aliphatic rings. The largest absolute Gasteiger partial charge is 0.277 e. The molecule has 2 heterocycles. The molecule has 0 fully saturated rings. The number of aromatic nitrogens is 1. The smallest absolute Gasteiger partial charge is 0.274 e. The van der Waals surface area contributed by atoms with Gasteiger partial charge in [-0.25, -0.2) is 0 Å². The summed E-state index contributed by atoms with van der Waals surface area (Å²) in [6.07, 6.45) is 3.83. The van der Waals surface area contributed by atoms with Crippen molar-refractivity contribution in [3.05, 3.63) is 81.7 Å². The Morgan fingerprint density at radius 2 is 1.65 bits per heavy atom. The van der Waals surface area contributed by atoms with E-state index in [1.165, 1.54) is 17.0 Å². The number of imide groups is 1. The SMILES string of the molecule is O=C1c2cccc3c([N+](=O)[O-])ccc(c23)C(=O)N1CCc1ccncc1. The minimum atomic E-state index is -0.506. The van der Waals surface area contributed by atoms with Crippen molar-refractivity contribution in [2.75, 3.05) is 6.54 Å². The van der Waals surface area contributed by atoms with Gasteiger partial charge in [-0.3, -0.25) is 29.6 Å². The van der Waals surface area contributed by atoms with Gasteiger partial charge in [-0.2, -0.15) is 0 Å². The number of amides is 2. The fourth-order valence-corrected chi connectivity index (χ4v) is 3.28. The van der Waals surface area contributed by atoms with E-state index in [0.717, 1.165) is 5.56 Å². The molecule has 2 aromatic carbocycles. The number of nitro groups is 1. The first-order valence-corrected chi connectivity index (χ1v) is 8.03. The Morgan fingerprint density at radius 3 is 2.35 bits per heavy atom. The van der Waals surface area contributed by atoms with Crippen LogP contribution in [-0.2, 0) is 6.42 Å². The molecule has 0 saturated carbocycles. The lowest BCUT2D eigenvalue weighted by molar-refractivity contribution is -0.383. The third-order valence-corrected chi connectivity index (χ3v) is 4.54. The molecule has 4 rings (SSSR count). The number of hydrogen-bond acceptors (Lipinski definition) is 5. The molecule has 0 aliphatic carbocycles. The van der Waals surface area contributed by atoms with Gasteiger partial charge in [-0.05, 0) is 42.3 Å². The minimum absolute atomic E-state index is 0.114. The highest BCUT2D eigenvalue weighted by molar-refractivity contribution is 6.26. The zero-order chi connectivity index (χ0) is 18.3. The lowest BCUT2D eigenvalue weighted by Crippen LogP contribution is -2.41. The third-order valence-electron chi connectivity index (χ3n) is 4.54. The molecule has 26 heavy (non-hydrogen) atoms. The van der Waals surface area contributed by atoms with Crippen LogP contribution in [-0.4, -0.2) is 33.2 Å². The summed E-state index contributed by atoms with van der Waals surface area (Å²) in [7, 11) is 0. The standard InChI is InChI=1S/C19H13N3O4/c23-18-14-3-1-2-13-16(22(25)26)5-4-15(17(13)14)19(24)21(18)11-8-12-6-9-20-10-7-12/h1-7,9-10H,8,11H2. The zero-order valence-corrected chi connectivity index (χ0v) is 13.6. The molecule has 3 aromatic rings. The van der Waals surface area contributed by atoms with Gasteiger partial charge in [0.05, 0.1) is 10.3 Å². The van der Waals surface area contributed by atoms with Gasteiger partial charge in [0.25, 0.3) is 17.5 Å². The topological polar surface area (TPSA) is 93.4 Å². The number of pyridine rings is 1. The monoisotopic (exact) mass is 347 g/mol. The molecule has 0 atom stereocenters. The van der Waals surface area contributed by atoms with Crippen LogP contribution in [0.3, 0.4) is 0 Å². The molecule has 0 N–H and O–H groups in total. The molecule has 128 valence electrons. The summed E-state index contributed by atoms with van der Waals surface area (Å²) in [5.41, 5.74) is 1.48. The van der Waals surface area contributed by atoms with E-state index in [1.807, 2.05) is 12.1 Å². The van der Waals surface area contributed by atoms with Crippen LogP contribution in [0.2, 0.25) is 0 Å². The Kier molecular flexibility index (Phi) is 3.69. The Bertz CT molecular complexity index is 1040. The van der Waals surface area contributed by atoms with Crippen LogP contribution in [0.25, 0.3) is 10.8 Å². The molecular formula is C19H13N3O4. The number of rotatable bonds is 4. The van der Waals surface area contributed by atoms with E-state index in [2.05, 4.69) is 4.98 Å². The van der Waals surface area contributed by atoms with Crippen LogP contribution in [0.1, 0.15) is 26.3 Å². The van der Waals surface area contributed by atoms with Crippen molar-refractivity contribution in [1.29, 1.82) is 0 Å². The van der Waals surface area contributed by atoms with Gasteiger partial charge in [0, 0.05) is 41.5 Å². The van der Waals surface area contributed by atoms with Crippen molar-refractivity contribution in [2.24, 2.45) is 0 Å². The molecule has 0 unspecified atom stereocenters. The molecule has 1 aliphatic heterocycles. The summed E-state index contributed by atoms with van der Waals surface area (Å²) in [6, 6.07) is 11.2. The van der Waals surface area contributed by atoms with Crippen molar-refractivity contribution in [2.45, 2.75) is 6.42 Å². The van der Waals surface area contributed by atoms with Crippen LogP contribution in [0, 0.1) is 10.1 Å². The molecule has 0 bridgehead atoms. The van der Waals surface area contributed by atoms with Crippen molar-refractivity contribution < 1.29 is 14.5 Å². The van der Waals surface area contributed by atoms with Gasteiger partial charge in [-0.1, -0.05) is 6.07 Å². The normalized spacial score (nSPS) is 13.3. The molecule has 7 nitrogen and oxygen atoms in total. The first kappa shape index (κ1) is 15.9. The molecular weight excluding hydrogens is 334 g/mol. The minimum Gasteiger partial charge on any atom is -0.274 e. The van der Waals surface area contributed by atoms with Gasteiger partial charge >= 0.3 is 0 Å². The molecule has 0 radical (unpaired) electrons. The van der Waals surface area contributed by atoms with E-state index in [1.54, 1.807) is 30.6 Å². The average Bonchev–Trinajstić information content (AvgIpc) is 2.66. The second-order valence-corrected chi connectivity index (χ2v) is 5.98. The highest BCUT2D eigenvalue weighted by Crippen LogP contribution is 2.35. The van der Waals surface area contributed by atoms with Crippen LogP contribution >= 0.6 is 0 Å². The molecule has 7 heteroatoms. The molecule has 1 aromatic heterocycles. The Hall–Kier alpha value is -3.61. The van der Waals surface area contributed by atoms with E-state index >= 15 is 0 Å². The summed E-state index contributed by atoms with van der Waals surface area (Å²) in [6.45, 7) is 0.231. The number of carbonyl (C=O) groups excluding carboxylic acids is 2. The molecule has 0 saturated heterocycles. The van der Waals surface area contributed by atoms with Gasteiger partial charge in [0.2, 0.25) is 0 Å². The lowest BCUT2D eigenvalue weighted by atomic mass is 9.93. The summed E-state index contributed by atoms with van der Waals surface area (Å²) in [5.74, 6) is -0.856. The highest BCUT2D eigenvalue weighted by atomic mass is 16.6. The maximum atomic E-state index is 12.8. The first-order valence-electron chi connectivity index (χ1n) is 8.03. The number of benzene rings is 2. The lowest BCUT2D eigenvalue weighted by Gasteiger charge is -2.27. The maximum Gasteiger partial charge on any atom is 0.277 e.